The first-order chi connectivity index (χ1) is 10.7. The van der Waals surface area contributed by atoms with Crippen LogP contribution in [-0.2, 0) is 16.4 Å². The highest BCUT2D eigenvalue weighted by Crippen LogP contribution is 2.15. The summed E-state index contributed by atoms with van der Waals surface area (Å²) in [6, 6.07) is 7.48. The molecule has 0 saturated carbocycles. The summed E-state index contributed by atoms with van der Waals surface area (Å²) in [5.74, 6) is 0.675. The third-order valence-corrected chi connectivity index (χ3v) is 6.13. The SMILES string of the molecule is CCNC(=NCc1ccc(Cl)cc1)NCCS(=O)(=O)C(C)(C)C. The van der Waals surface area contributed by atoms with E-state index >= 15 is 0 Å². The Labute approximate surface area is 144 Å². The quantitative estimate of drug-likeness (QED) is 0.605. The van der Waals surface area contributed by atoms with Crippen LogP contribution >= 0.6 is 11.6 Å². The van der Waals surface area contributed by atoms with E-state index in [4.69, 9.17) is 11.6 Å². The molecule has 130 valence electrons. The van der Waals surface area contributed by atoms with Gasteiger partial charge in [0, 0.05) is 18.1 Å². The number of sulfone groups is 1. The molecule has 7 heteroatoms. The summed E-state index contributed by atoms with van der Waals surface area (Å²) in [5, 5.41) is 6.86. The zero-order valence-electron chi connectivity index (χ0n) is 14.2. The molecule has 0 aliphatic rings. The Kier molecular flexibility index (Phi) is 7.35. The van der Waals surface area contributed by atoms with E-state index in [2.05, 4.69) is 15.6 Å². The molecular weight excluding hydrogens is 334 g/mol. The van der Waals surface area contributed by atoms with Crippen molar-refractivity contribution in [1.29, 1.82) is 0 Å². The monoisotopic (exact) mass is 359 g/mol. The summed E-state index contributed by atoms with van der Waals surface area (Å²) in [6.45, 7) is 8.63. The molecule has 0 heterocycles. The van der Waals surface area contributed by atoms with Crippen LogP contribution in [0.1, 0.15) is 33.3 Å². The average Bonchev–Trinajstić information content (AvgIpc) is 2.45. The van der Waals surface area contributed by atoms with E-state index in [1.165, 1.54) is 0 Å². The van der Waals surface area contributed by atoms with Crippen molar-refractivity contribution in [2.75, 3.05) is 18.8 Å². The van der Waals surface area contributed by atoms with Gasteiger partial charge in [-0.15, -0.1) is 0 Å². The normalized spacial score (nSPS) is 13.0. The summed E-state index contributed by atoms with van der Waals surface area (Å²) in [6.07, 6.45) is 0. The molecule has 1 rings (SSSR count). The highest BCUT2D eigenvalue weighted by Gasteiger charge is 2.28. The van der Waals surface area contributed by atoms with Crippen molar-refractivity contribution in [1.82, 2.24) is 10.6 Å². The van der Waals surface area contributed by atoms with Gasteiger partial charge in [0.05, 0.1) is 17.0 Å². The molecule has 0 aliphatic heterocycles. The van der Waals surface area contributed by atoms with E-state index in [1.54, 1.807) is 20.8 Å². The van der Waals surface area contributed by atoms with Crippen molar-refractivity contribution in [3.05, 3.63) is 34.9 Å². The van der Waals surface area contributed by atoms with Gasteiger partial charge in [0.15, 0.2) is 15.8 Å². The van der Waals surface area contributed by atoms with Crippen LogP contribution in [0.25, 0.3) is 0 Å². The van der Waals surface area contributed by atoms with Crippen LogP contribution < -0.4 is 10.6 Å². The third kappa shape index (κ3) is 6.79. The maximum absolute atomic E-state index is 12.1. The molecular formula is C16H26ClN3O2S. The second-order valence-electron chi connectivity index (χ2n) is 6.18. The Bertz CT molecular complexity index is 620. The number of benzene rings is 1. The first kappa shape index (κ1) is 19.8. The maximum Gasteiger partial charge on any atom is 0.191 e. The lowest BCUT2D eigenvalue weighted by Crippen LogP contribution is -2.41. The topological polar surface area (TPSA) is 70.6 Å². The van der Waals surface area contributed by atoms with E-state index in [0.717, 1.165) is 5.56 Å². The van der Waals surface area contributed by atoms with Gasteiger partial charge in [-0.2, -0.15) is 0 Å². The van der Waals surface area contributed by atoms with Crippen LogP contribution in [0.4, 0.5) is 0 Å². The molecule has 1 aromatic rings. The van der Waals surface area contributed by atoms with E-state index in [0.29, 0.717) is 30.6 Å². The number of hydrogen-bond acceptors (Lipinski definition) is 3. The van der Waals surface area contributed by atoms with Gasteiger partial charge in [0.2, 0.25) is 0 Å². The minimum Gasteiger partial charge on any atom is -0.357 e. The van der Waals surface area contributed by atoms with Crippen molar-refractivity contribution < 1.29 is 8.42 Å². The van der Waals surface area contributed by atoms with Crippen molar-refractivity contribution in [2.24, 2.45) is 4.99 Å². The van der Waals surface area contributed by atoms with Gasteiger partial charge in [0.1, 0.15) is 0 Å². The van der Waals surface area contributed by atoms with Gasteiger partial charge in [0.25, 0.3) is 0 Å². The number of guanidine groups is 1. The standard InChI is InChI=1S/C16H26ClN3O2S/c1-5-18-15(19-10-11-23(21,22)16(2,3)4)20-12-13-6-8-14(17)9-7-13/h6-9H,5,10-12H2,1-4H3,(H2,18,19,20). The largest absolute Gasteiger partial charge is 0.357 e. The molecule has 0 spiro atoms. The number of halogens is 1. The number of nitrogens with zero attached hydrogens (tertiary/aromatic N) is 1. The molecule has 0 fully saturated rings. The molecule has 5 nitrogen and oxygen atoms in total. The highest BCUT2D eigenvalue weighted by atomic mass is 35.5. The van der Waals surface area contributed by atoms with Crippen LogP contribution in [0.3, 0.4) is 0 Å². The lowest BCUT2D eigenvalue weighted by atomic mass is 10.2. The second kappa shape index (κ2) is 8.55. The molecule has 2 N–H and O–H groups in total. The van der Waals surface area contributed by atoms with Gasteiger partial charge in [-0.1, -0.05) is 23.7 Å². The fraction of sp³-hybridized carbons (Fsp3) is 0.562. The van der Waals surface area contributed by atoms with E-state index in [-0.39, 0.29) is 5.75 Å². The van der Waals surface area contributed by atoms with Crippen LogP contribution in [-0.4, -0.2) is 38.0 Å². The van der Waals surface area contributed by atoms with Gasteiger partial charge < -0.3 is 10.6 Å². The zero-order valence-corrected chi connectivity index (χ0v) is 15.8. The molecule has 0 bridgehead atoms. The molecule has 0 unspecified atom stereocenters. The molecule has 0 aromatic heterocycles. The van der Waals surface area contributed by atoms with Crippen molar-refractivity contribution in [3.63, 3.8) is 0 Å². The average molecular weight is 360 g/mol. The molecule has 0 amide bonds. The fourth-order valence-electron chi connectivity index (χ4n) is 1.71. The molecule has 23 heavy (non-hydrogen) atoms. The van der Waals surface area contributed by atoms with Crippen molar-refractivity contribution in [2.45, 2.75) is 39.0 Å². The predicted molar refractivity (Wildman–Crippen MR) is 97.8 cm³/mol. The number of aliphatic imine (C=N–C) groups is 1. The van der Waals surface area contributed by atoms with Gasteiger partial charge in [-0.3, -0.25) is 0 Å². The number of rotatable bonds is 6. The van der Waals surface area contributed by atoms with Crippen LogP contribution in [0.15, 0.2) is 29.3 Å². The van der Waals surface area contributed by atoms with E-state index in [9.17, 15) is 8.42 Å². The van der Waals surface area contributed by atoms with Gasteiger partial charge in [-0.05, 0) is 45.4 Å². The van der Waals surface area contributed by atoms with Gasteiger partial charge >= 0.3 is 0 Å². The minimum absolute atomic E-state index is 0.0713. The summed E-state index contributed by atoms with van der Waals surface area (Å²) in [5.41, 5.74) is 1.04. The fourth-order valence-corrected chi connectivity index (χ4v) is 2.82. The molecule has 0 saturated heterocycles. The zero-order chi connectivity index (χ0) is 17.5. The van der Waals surface area contributed by atoms with Gasteiger partial charge in [-0.25, -0.2) is 13.4 Å². The predicted octanol–water partition coefficient (Wildman–Crippen LogP) is 2.61. The Balaban J connectivity index is 2.61. The third-order valence-electron chi connectivity index (χ3n) is 3.27. The lowest BCUT2D eigenvalue weighted by Gasteiger charge is -2.19. The van der Waals surface area contributed by atoms with E-state index in [1.807, 2.05) is 31.2 Å². The van der Waals surface area contributed by atoms with E-state index < -0.39 is 14.6 Å². The summed E-state index contributed by atoms with van der Waals surface area (Å²) in [4.78, 5) is 4.45. The van der Waals surface area contributed by atoms with Crippen LogP contribution in [0.5, 0.6) is 0 Å². The summed E-state index contributed by atoms with van der Waals surface area (Å²) < 4.78 is 23.4. The Morgan fingerprint density at radius 3 is 2.30 bits per heavy atom. The summed E-state index contributed by atoms with van der Waals surface area (Å²) in [7, 11) is -3.14. The van der Waals surface area contributed by atoms with Crippen LogP contribution in [0, 0.1) is 0 Å². The first-order valence-electron chi connectivity index (χ1n) is 7.64. The molecule has 0 aliphatic carbocycles. The lowest BCUT2D eigenvalue weighted by molar-refractivity contribution is 0.559. The summed E-state index contributed by atoms with van der Waals surface area (Å²) >= 11 is 5.85. The first-order valence-corrected chi connectivity index (χ1v) is 9.67. The molecule has 1 aromatic carbocycles. The Morgan fingerprint density at radius 2 is 1.78 bits per heavy atom. The Morgan fingerprint density at radius 1 is 1.17 bits per heavy atom. The van der Waals surface area contributed by atoms with Crippen molar-refractivity contribution in [3.8, 4) is 0 Å². The molecule has 0 radical (unpaired) electrons. The second-order valence-corrected chi connectivity index (χ2v) is 9.48. The maximum atomic E-state index is 12.1. The smallest absolute Gasteiger partial charge is 0.191 e. The van der Waals surface area contributed by atoms with Crippen molar-refractivity contribution >= 4 is 27.4 Å². The highest BCUT2D eigenvalue weighted by molar-refractivity contribution is 7.92. The minimum atomic E-state index is -3.14. The Hall–Kier alpha value is -1.27. The van der Waals surface area contributed by atoms with Crippen LogP contribution in [0.2, 0.25) is 5.02 Å². The molecule has 0 atom stereocenters. The number of hydrogen-bond donors (Lipinski definition) is 2. The number of nitrogens with one attached hydrogen (secondary N) is 2.